The number of nitrogens with one attached hydrogen (secondary N) is 2. The van der Waals surface area contributed by atoms with Gasteiger partial charge in [-0.25, -0.2) is 0 Å². The zero-order valence-corrected chi connectivity index (χ0v) is 16.8. The minimum Gasteiger partial charge on any atom is -0.493 e. The summed E-state index contributed by atoms with van der Waals surface area (Å²) in [5.41, 5.74) is 1.43. The summed E-state index contributed by atoms with van der Waals surface area (Å²) in [4.78, 5) is 4.96. The number of rotatable bonds is 4. The molecule has 2 heterocycles. The second kappa shape index (κ2) is 7.70. The van der Waals surface area contributed by atoms with E-state index in [1.54, 1.807) is 0 Å². The Labute approximate surface area is 162 Å². The van der Waals surface area contributed by atoms with E-state index in [0.717, 1.165) is 44.4 Å². The maximum absolute atomic E-state index is 6.04. The van der Waals surface area contributed by atoms with Crippen molar-refractivity contribution in [2.75, 3.05) is 26.3 Å². The van der Waals surface area contributed by atoms with Crippen LogP contribution in [0.2, 0.25) is 0 Å². The molecule has 1 aliphatic carbocycles. The lowest BCUT2D eigenvalue weighted by Crippen LogP contribution is -2.71. The van der Waals surface area contributed by atoms with Crippen molar-refractivity contribution in [1.29, 1.82) is 0 Å². The van der Waals surface area contributed by atoms with E-state index >= 15 is 0 Å². The van der Waals surface area contributed by atoms with Gasteiger partial charge in [0.2, 0.25) is 0 Å². The number of hydrogen-bond donors (Lipinski definition) is 2. The molecule has 3 aliphatic rings. The van der Waals surface area contributed by atoms with E-state index in [0.29, 0.717) is 24.0 Å². The van der Waals surface area contributed by atoms with Crippen LogP contribution in [0.5, 0.6) is 5.75 Å². The van der Waals surface area contributed by atoms with Gasteiger partial charge in [0.05, 0.1) is 12.7 Å². The maximum atomic E-state index is 6.04. The van der Waals surface area contributed by atoms with E-state index in [2.05, 4.69) is 49.6 Å². The third-order valence-electron chi connectivity index (χ3n) is 6.52. The summed E-state index contributed by atoms with van der Waals surface area (Å²) in [6.45, 7) is 10.1. The van der Waals surface area contributed by atoms with Gasteiger partial charge in [-0.05, 0) is 37.8 Å². The molecule has 0 radical (unpaired) electrons. The molecular weight excluding hydrogens is 338 g/mol. The van der Waals surface area contributed by atoms with Crippen LogP contribution in [0.3, 0.4) is 0 Å². The van der Waals surface area contributed by atoms with Crippen LogP contribution in [0.25, 0.3) is 0 Å². The molecule has 1 saturated heterocycles. The topological polar surface area (TPSA) is 54.9 Å². The molecule has 5 nitrogen and oxygen atoms in total. The molecule has 148 valence electrons. The fourth-order valence-electron chi connectivity index (χ4n) is 5.09. The van der Waals surface area contributed by atoms with Gasteiger partial charge in [-0.1, -0.05) is 32.0 Å². The number of ether oxygens (including phenoxy) is 2. The van der Waals surface area contributed by atoms with E-state index in [1.807, 2.05) is 6.07 Å². The normalized spacial score (nSPS) is 31.7. The van der Waals surface area contributed by atoms with Gasteiger partial charge in [-0.15, -0.1) is 0 Å². The number of benzene rings is 1. The summed E-state index contributed by atoms with van der Waals surface area (Å²) in [6.07, 6.45) is 3.82. The molecule has 1 saturated carbocycles. The molecule has 0 spiro atoms. The first kappa shape index (κ1) is 18.6. The third-order valence-corrected chi connectivity index (χ3v) is 6.52. The molecular formula is C22H33N3O2. The second-order valence-electron chi connectivity index (χ2n) is 8.63. The van der Waals surface area contributed by atoms with Crippen molar-refractivity contribution in [3.05, 3.63) is 29.8 Å². The van der Waals surface area contributed by atoms with Gasteiger partial charge in [0.15, 0.2) is 5.96 Å². The van der Waals surface area contributed by atoms with Crippen molar-refractivity contribution in [2.24, 2.45) is 16.3 Å². The van der Waals surface area contributed by atoms with E-state index < -0.39 is 0 Å². The Morgan fingerprint density at radius 2 is 2.07 bits per heavy atom. The van der Waals surface area contributed by atoms with Gasteiger partial charge < -0.3 is 20.1 Å². The molecule has 4 rings (SSSR count). The maximum Gasteiger partial charge on any atom is 0.191 e. The Bertz CT molecular complexity index is 688. The van der Waals surface area contributed by atoms with Crippen LogP contribution in [-0.2, 0) is 4.74 Å². The minimum atomic E-state index is 0.145. The lowest BCUT2D eigenvalue weighted by Gasteiger charge is -2.60. The molecule has 4 unspecified atom stereocenters. The Balaban J connectivity index is 1.45. The zero-order chi connectivity index (χ0) is 18.9. The van der Waals surface area contributed by atoms with Crippen molar-refractivity contribution < 1.29 is 9.47 Å². The zero-order valence-electron chi connectivity index (χ0n) is 16.8. The molecule has 0 amide bonds. The first-order valence-corrected chi connectivity index (χ1v) is 10.5. The number of fused-ring (bicyclic) bond motifs is 2. The second-order valence-corrected chi connectivity index (χ2v) is 8.63. The van der Waals surface area contributed by atoms with E-state index in [9.17, 15) is 0 Å². The molecule has 27 heavy (non-hydrogen) atoms. The van der Waals surface area contributed by atoms with Crippen molar-refractivity contribution >= 4 is 5.96 Å². The van der Waals surface area contributed by atoms with Crippen LogP contribution >= 0.6 is 0 Å². The smallest absolute Gasteiger partial charge is 0.191 e. The fraction of sp³-hybridized carbons (Fsp3) is 0.682. The average Bonchev–Trinajstić information content (AvgIpc) is 2.70. The number of aliphatic imine (C=N–C) groups is 1. The van der Waals surface area contributed by atoms with Crippen LogP contribution in [0.15, 0.2) is 29.3 Å². The lowest BCUT2D eigenvalue weighted by molar-refractivity contribution is -0.188. The SMILES string of the molecule is CCNC(=NCC1CCOc2ccccc21)NC1C2CCCOC2C1(C)C. The molecule has 2 fully saturated rings. The van der Waals surface area contributed by atoms with Gasteiger partial charge in [0.1, 0.15) is 5.75 Å². The predicted molar refractivity (Wildman–Crippen MR) is 108 cm³/mol. The Kier molecular flexibility index (Phi) is 5.31. The summed E-state index contributed by atoms with van der Waals surface area (Å²) in [5, 5.41) is 7.18. The Hall–Kier alpha value is -1.75. The van der Waals surface area contributed by atoms with E-state index in [4.69, 9.17) is 14.5 Å². The summed E-state index contributed by atoms with van der Waals surface area (Å²) >= 11 is 0. The van der Waals surface area contributed by atoms with E-state index in [1.165, 1.54) is 18.4 Å². The number of nitrogens with zero attached hydrogens (tertiary/aromatic N) is 1. The van der Waals surface area contributed by atoms with Crippen molar-refractivity contribution in [3.8, 4) is 5.75 Å². The summed E-state index contributed by atoms with van der Waals surface area (Å²) < 4.78 is 11.8. The molecule has 1 aromatic carbocycles. The highest BCUT2D eigenvalue weighted by Crippen LogP contribution is 2.51. The fourth-order valence-corrected chi connectivity index (χ4v) is 5.09. The van der Waals surface area contributed by atoms with Crippen molar-refractivity contribution in [3.63, 3.8) is 0 Å². The summed E-state index contributed by atoms with van der Waals surface area (Å²) in [6, 6.07) is 8.79. The van der Waals surface area contributed by atoms with Gasteiger partial charge in [-0.3, -0.25) is 4.99 Å². The van der Waals surface area contributed by atoms with Crippen LogP contribution in [0.4, 0.5) is 0 Å². The first-order valence-electron chi connectivity index (χ1n) is 10.5. The van der Waals surface area contributed by atoms with Gasteiger partial charge in [-0.2, -0.15) is 0 Å². The first-order chi connectivity index (χ1) is 13.1. The van der Waals surface area contributed by atoms with Crippen LogP contribution in [0, 0.1) is 11.3 Å². The Morgan fingerprint density at radius 1 is 1.22 bits per heavy atom. The predicted octanol–water partition coefficient (Wildman–Crippen LogP) is 3.31. The monoisotopic (exact) mass is 371 g/mol. The average molecular weight is 372 g/mol. The lowest BCUT2D eigenvalue weighted by atomic mass is 9.55. The highest BCUT2D eigenvalue weighted by Gasteiger charge is 2.58. The number of para-hydroxylation sites is 1. The molecule has 0 aromatic heterocycles. The summed E-state index contributed by atoms with van der Waals surface area (Å²) in [5.74, 6) is 2.97. The molecule has 1 aromatic rings. The molecule has 2 N–H and O–H groups in total. The molecule has 0 bridgehead atoms. The number of guanidine groups is 1. The van der Waals surface area contributed by atoms with Crippen LogP contribution in [0.1, 0.15) is 51.5 Å². The Morgan fingerprint density at radius 3 is 2.93 bits per heavy atom. The molecule has 4 atom stereocenters. The van der Waals surface area contributed by atoms with Gasteiger partial charge >= 0.3 is 0 Å². The van der Waals surface area contributed by atoms with Crippen molar-refractivity contribution in [1.82, 2.24) is 10.6 Å². The minimum absolute atomic E-state index is 0.145. The molecule has 5 heteroatoms. The molecule has 2 aliphatic heterocycles. The van der Waals surface area contributed by atoms with Crippen molar-refractivity contribution in [2.45, 2.75) is 58.1 Å². The summed E-state index contributed by atoms with van der Waals surface area (Å²) in [7, 11) is 0. The highest BCUT2D eigenvalue weighted by atomic mass is 16.5. The van der Waals surface area contributed by atoms with Crippen LogP contribution < -0.4 is 15.4 Å². The quantitative estimate of drug-likeness (QED) is 0.630. The largest absolute Gasteiger partial charge is 0.493 e. The standard InChI is InChI=1S/C22H33N3O2/c1-4-23-21(25-19-17-9-7-12-27-20(17)22(19,2)3)24-14-15-11-13-26-18-10-6-5-8-16(15)18/h5-6,8,10,15,17,19-20H,4,7,9,11-14H2,1-3H3,(H2,23,24,25). The van der Waals surface area contributed by atoms with Crippen LogP contribution in [-0.4, -0.2) is 44.4 Å². The van der Waals surface area contributed by atoms with Gasteiger partial charge in [0.25, 0.3) is 0 Å². The highest BCUT2D eigenvalue weighted by molar-refractivity contribution is 5.80. The van der Waals surface area contributed by atoms with Gasteiger partial charge in [0, 0.05) is 43.0 Å². The number of hydrogen-bond acceptors (Lipinski definition) is 3. The third kappa shape index (κ3) is 3.54. The van der Waals surface area contributed by atoms with E-state index in [-0.39, 0.29) is 5.41 Å².